The van der Waals surface area contributed by atoms with Gasteiger partial charge < -0.3 is 0 Å². The summed E-state index contributed by atoms with van der Waals surface area (Å²) in [5.41, 5.74) is -1.44. The highest BCUT2D eigenvalue weighted by Crippen LogP contribution is 2.20. The Labute approximate surface area is 137 Å². The van der Waals surface area contributed by atoms with Gasteiger partial charge in [-0.25, -0.2) is 4.57 Å². The molecule has 0 saturated heterocycles. The maximum absolute atomic E-state index is 10.7. The van der Waals surface area contributed by atoms with Gasteiger partial charge in [0.2, 0.25) is 12.0 Å². The number of aromatic nitrogens is 2. The monoisotopic (exact) mass is 362 g/mol. The van der Waals surface area contributed by atoms with Crippen molar-refractivity contribution in [1.82, 2.24) is 4.57 Å². The molecule has 0 aliphatic heterocycles. The number of imidazole rings is 1. The molecule has 2 aromatic rings. The van der Waals surface area contributed by atoms with Crippen LogP contribution >= 0.6 is 0 Å². The van der Waals surface area contributed by atoms with E-state index in [1.54, 1.807) is 0 Å². The summed E-state index contributed by atoms with van der Waals surface area (Å²) in [5, 5.41) is 9.05. The zero-order valence-corrected chi connectivity index (χ0v) is 13.9. The molecule has 2 rings (SSSR count). The third-order valence-corrected chi connectivity index (χ3v) is 3.36. The molecule has 1 aromatic heterocycles. The average molecular weight is 362 g/mol. The average Bonchev–Trinajstić information content (AvgIpc) is 2.77. The lowest BCUT2D eigenvalue weighted by Gasteiger charge is -2.01. The van der Waals surface area contributed by atoms with Gasteiger partial charge in [0.15, 0.2) is 0 Å². The molecule has 10 heteroatoms. The summed E-state index contributed by atoms with van der Waals surface area (Å²) >= 11 is 0. The van der Waals surface area contributed by atoms with Crippen LogP contribution in [0.3, 0.4) is 0 Å². The molecule has 0 spiro atoms. The second-order valence-corrected chi connectivity index (χ2v) is 6.46. The van der Waals surface area contributed by atoms with Gasteiger partial charge in [-0.15, -0.1) is 0 Å². The molecule has 1 aromatic carbocycles. The number of halogens is 3. The Hall–Kier alpha value is -2.38. The second-order valence-electron chi connectivity index (χ2n) is 5.04. The molecule has 0 radical (unpaired) electrons. The van der Waals surface area contributed by atoms with E-state index in [2.05, 4.69) is 38.1 Å². The van der Waals surface area contributed by atoms with Gasteiger partial charge in [-0.3, -0.25) is 4.55 Å². The fourth-order valence-corrected chi connectivity index (χ4v) is 1.91. The van der Waals surface area contributed by atoms with Crippen LogP contribution in [0, 0.1) is 25.2 Å². The Bertz CT molecular complexity index is 861. The van der Waals surface area contributed by atoms with Crippen LogP contribution < -0.4 is 4.57 Å². The summed E-state index contributed by atoms with van der Waals surface area (Å²) in [7, 11) is -3.92. The zero-order chi connectivity index (χ0) is 18.7. The summed E-state index contributed by atoms with van der Waals surface area (Å²) in [6.07, 6.45) is 3.73. The molecule has 0 bridgehead atoms. The van der Waals surface area contributed by atoms with E-state index in [9.17, 15) is 13.2 Å². The van der Waals surface area contributed by atoms with E-state index in [4.69, 9.17) is 18.2 Å². The predicted octanol–water partition coefficient (Wildman–Crippen LogP) is 2.18. The van der Waals surface area contributed by atoms with E-state index in [0.29, 0.717) is 5.69 Å². The number of nitrogens with zero attached hydrogens (tertiary/aromatic N) is 3. The highest BCUT2D eigenvalue weighted by atomic mass is 32.2. The minimum atomic E-state index is -5.84. The third kappa shape index (κ3) is 5.07. The summed E-state index contributed by atoms with van der Waals surface area (Å²) in [4.78, 5) is 0. The zero-order valence-electron chi connectivity index (χ0n) is 13.0. The maximum atomic E-state index is 10.7. The Kier molecular flexibility index (Phi) is 5.75. The maximum Gasteiger partial charge on any atom is 0.522 e. The molecule has 0 fully saturated rings. The van der Waals surface area contributed by atoms with Crippen LogP contribution in [0.2, 0.25) is 0 Å². The molecule has 1 N–H and O–H groups in total. The quantitative estimate of drug-likeness (QED) is 0.479. The van der Waals surface area contributed by atoms with E-state index < -0.39 is 15.6 Å². The summed E-state index contributed by atoms with van der Waals surface area (Å²) in [6, 6.07) is 8.47. The second kappa shape index (κ2) is 7.02. The fraction of sp³-hybridized carbons (Fsp3) is 0.286. The molecule has 6 nitrogen and oxygen atoms in total. The highest BCUT2D eigenvalue weighted by Gasteiger charge is 2.44. The summed E-state index contributed by atoms with van der Waals surface area (Å²) < 4.78 is 61.3. The SMILES string of the molecule is Cc1cc(C)cc(-n2c[n+](C)cc2C#N)c1.O=S(=O)(O)C(F)(F)F. The topological polar surface area (TPSA) is 87.0 Å². The van der Waals surface area contributed by atoms with Gasteiger partial charge in [0.25, 0.3) is 0 Å². The predicted molar refractivity (Wildman–Crippen MR) is 78.7 cm³/mol. The van der Waals surface area contributed by atoms with E-state index in [1.807, 2.05) is 28.7 Å². The van der Waals surface area contributed by atoms with Crippen molar-refractivity contribution < 1.29 is 30.7 Å². The van der Waals surface area contributed by atoms with Gasteiger partial charge >= 0.3 is 15.6 Å². The van der Waals surface area contributed by atoms with Crippen LogP contribution in [0.1, 0.15) is 16.8 Å². The van der Waals surface area contributed by atoms with Crippen molar-refractivity contribution in [3.63, 3.8) is 0 Å². The third-order valence-electron chi connectivity index (χ3n) is 2.77. The van der Waals surface area contributed by atoms with Crippen molar-refractivity contribution in [2.45, 2.75) is 19.4 Å². The lowest BCUT2D eigenvalue weighted by molar-refractivity contribution is -0.670. The standard InChI is InChI=1S/C13H14N3.CHF3O3S/c1-10-4-11(2)6-12(5-10)16-9-15(3)8-13(16)7-14;2-1(3,4)8(5,6)7/h4-6,8-9H,1-3H3;(H,5,6,7)/q+1;. The molecule has 24 heavy (non-hydrogen) atoms. The summed E-state index contributed by atoms with van der Waals surface area (Å²) in [6.45, 7) is 4.12. The Morgan fingerprint density at radius 1 is 1.21 bits per heavy atom. The Morgan fingerprint density at radius 3 is 2.04 bits per heavy atom. The van der Waals surface area contributed by atoms with Crippen LogP contribution in [-0.4, -0.2) is 23.0 Å². The van der Waals surface area contributed by atoms with Gasteiger partial charge in [-0.05, 0) is 37.1 Å². The van der Waals surface area contributed by atoms with Crippen molar-refractivity contribution in [2.75, 3.05) is 0 Å². The lowest BCUT2D eigenvalue weighted by Crippen LogP contribution is -2.23. The van der Waals surface area contributed by atoms with Gasteiger partial charge in [0, 0.05) is 0 Å². The highest BCUT2D eigenvalue weighted by molar-refractivity contribution is 7.86. The van der Waals surface area contributed by atoms with E-state index in [1.165, 1.54) is 11.1 Å². The molecule has 0 aliphatic rings. The molecule has 0 unspecified atom stereocenters. The van der Waals surface area contributed by atoms with E-state index in [-0.39, 0.29) is 0 Å². The normalized spacial score (nSPS) is 11.4. The van der Waals surface area contributed by atoms with Crippen molar-refractivity contribution in [2.24, 2.45) is 7.05 Å². The number of hydrogen-bond donors (Lipinski definition) is 1. The van der Waals surface area contributed by atoms with Gasteiger partial charge in [-0.2, -0.15) is 31.4 Å². The van der Waals surface area contributed by atoms with E-state index in [0.717, 1.165) is 5.69 Å². The number of aryl methyl sites for hydroxylation is 3. The summed E-state index contributed by atoms with van der Waals surface area (Å²) in [5.74, 6) is 0. The van der Waals surface area contributed by atoms with Crippen LogP contribution in [0.15, 0.2) is 30.7 Å². The number of benzene rings is 1. The smallest absolute Gasteiger partial charge is 0.279 e. The largest absolute Gasteiger partial charge is 0.522 e. The molecular weight excluding hydrogens is 347 g/mol. The van der Waals surface area contributed by atoms with Crippen molar-refractivity contribution in [1.29, 1.82) is 5.26 Å². The van der Waals surface area contributed by atoms with Crippen molar-refractivity contribution in [3.05, 3.63) is 47.5 Å². The van der Waals surface area contributed by atoms with Crippen LogP contribution in [0.4, 0.5) is 13.2 Å². The van der Waals surface area contributed by atoms with Crippen molar-refractivity contribution >= 4 is 10.1 Å². The fourth-order valence-electron chi connectivity index (χ4n) is 1.91. The van der Waals surface area contributed by atoms with Crippen LogP contribution in [0.25, 0.3) is 5.69 Å². The van der Waals surface area contributed by atoms with Crippen LogP contribution in [0.5, 0.6) is 0 Å². The Morgan fingerprint density at radius 2 is 1.67 bits per heavy atom. The van der Waals surface area contributed by atoms with Gasteiger partial charge in [0.1, 0.15) is 18.0 Å². The molecule has 0 aliphatic carbocycles. The molecular formula is C14H15F3N3O3S+. The molecule has 0 amide bonds. The van der Waals surface area contributed by atoms with Crippen molar-refractivity contribution in [3.8, 4) is 11.8 Å². The Balaban J connectivity index is 0.000000307. The first kappa shape index (κ1) is 19.7. The van der Waals surface area contributed by atoms with Crippen LogP contribution in [-0.2, 0) is 17.2 Å². The minimum Gasteiger partial charge on any atom is -0.279 e. The molecule has 130 valence electrons. The first-order valence-electron chi connectivity index (χ1n) is 6.45. The van der Waals surface area contributed by atoms with Gasteiger partial charge in [0.05, 0.1) is 7.05 Å². The molecule has 1 heterocycles. The molecule has 0 saturated carbocycles. The number of rotatable bonds is 1. The first-order valence-corrected chi connectivity index (χ1v) is 7.89. The van der Waals surface area contributed by atoms with E-state index >= 15 is 0 Å². The van der Waals surface area contributed by atoms with Gasteiger partial charge in [-0.1, -0.05) is 6.07 Å². The molecule has 0 atom stereocenters. The minimum absolute atomic E-state index is 0.646. The number of nitriles is 1. The lowest BCUT2D eigenvalue weighted by atomic mass is 10.1. The first-order chi connectivity index (χ1) is 10.8. The number of alkyl halides is 3. The number of hydrogen-bond acceptors (Lipinski definition) is 3.